The van der Waals surface area contributed by atoms with Gasteiger partial charge >= 0.3 is 0 Å². The van der Waals surface area contributed by atoms with Crippen LogP contribution in [-0.2, 0) is 6.54 Å². The van der Waals surface area contributed by atoms with Crippen LogP contribution in [0, 0.1) is 0 Å². The van der Waals surface area contributed by atoms with Crippen molar-refractivity contribution in [2.75, 3.05) is 0 Å². The molecule has 4 heteroatoms. The first-order chi connectivity index (χ1) is 9.43. The normalized spacial score (nSPS) is 12.4. The number of thiophene rings is 1. The first kappa shape index (κ1) is 12.5. The van der Waals surface area contributed by atoms with Crippen molar-refractivity contribution in [3.63, 3.8) is 0 Å². The van der Waals surface area contributed by atoms with Crippen LogP contribution >= 0.6 is 22.7 Å². The van der Waals surface area contributed by atoms with Gasteiger partial charge in [-0.05, 0) is 17.0 Å². The number of hydrogen-bond donors (Lipinski definition) is 1. The van der Waals surface area contributed by atoms with Gasteiger partial charge in [-0.15, -0.1) is 22.7 Å². The summed E-state index contributed by atoms with van der Waals surface area (Å²) < 4.78 is 0. The number of benzene rings is 1. The van der Waals surface area contributed by atoms with E-state index in [-0.39, 0.29) is 6.04 Å². The summed E-state index contributed by atoms with van der Waals surface area (Å²) in [6.45, 7) is 0.849. The van der Waals surface area contributed by atoms with Gasteiger partial charge < -0.3 is 5.32 Å². The van der Waals surface area contributed by atoms with Gasteiger partial charge in [-0.2, -0.15) is 0 Å². The third-order valence-corrected chi connectivity index (χ3v) is 4.64. The maximum absolute atomic E-state index is 4.12. The summed E-state index contributed by atoms with van der Waals surface area (Å²) in [7, 11) is 0. The maximum atomic E-state index is 4.12. The number of hydrogen-bond acceptors (Lipinski definition) is 4. The van der Waals surface area contributed by atoms with Crippen LogP contribution in [-0.4, -0.2) is 4.98 Å². The van der Waals surface area contributed by atoms with Crippen molar-refractivity contribution >= 4 is 22.7 Å². The summed E-state index contributed by atoms with van der Waals surface area (Å²) in [4.78, 5) is 6.72. The molecular weight excluding hydrogens is 272 g/mol. The summed E-state index contributed by atoms with van der Waals surface area (Å²) in [6.07, 6.45) is 1.92. The van der Waals surface area contributed by atoms with Gasteiger partial charge in [-0.25, -0.2) is 0 Å². The van der Waals surface area contributed by atoms with Gasteiger partial charge in [0.05, 0.1) is 11.6 Å². The average molecular weight is 286 g/mol. The predicted octanol–water partition coefficient (Wildman–Crippen LogP) is 4.08. The van der Waals surface area contributed by atoms with Crippen molar-refractivity contribution in [1.29, 1.82) is 0 Å². The molecule has 96 valence electrons. The van der Waals surface area contributed by atoms with Crippen molar-refractivity contribution < 1.29 is 0 Å². The van der Waals surface area contributed by atoms with Gasteiger partial charge in [0.1, 0.15) is 0 Å². The zero-order chi connectivity index (χ0) is 12.9. The Balaban J connectivity index is 1.81. The molecule has 1 aromatic carbocycles. The molecule has 19 heavy (non-hydrogen) atoms. The van der Waals surface area contributed by atoms with E-state index in [1.807, 2.05) is 11.7 Å². The highest BCUT2D eigenvalue weighted by Gasteiger charge is 2.14. The standard InChI is InChI=1S/C15H14N2S2/c1-2-5-12(6-3-1)15(14-7-4-8-18-14)17-10-13-9-16-11-19-13/h1-9,11,15,17H,10H2. The van der Waals surface area contributed by atoms with E-state index in [0.717, 1.165) is 6.54 Å². The van der Waals surface area contributed by atoms with Crippen LogP contribution in [0.4, 0.5) is 0 Å². The lowest BCUT2D eigenvalue weighted by molar-refractivity contribution is 0.618. The summed E-state index contributed by atoms with van der Waals surface area (Å²) >= 11 is 3.48. The Hall–Kier alpha value is -1.49. The highest BCUT2D eigenvalue weighted by Crippen LogP contribution is 2.26. The summed E-state index contributed by atoms with van der Waals surface area (Å²) in [5.74, 6) is 0. The molecule has 0 aliphatic rings. The second-order valence-corrected chi connectivity index (χ2v) is 6.16. The number of nitrogens with zero attached hydrogens (tertiary/aromatic N) is 1. The van der Waals surface area contributed by atoms with E-state index in [1.54, 1.807) is 22.7 Å². The zero-order valence-electron chi connectivity index (χ0n) is 10.3. The molecule has 0 saturated carbocycles. The molecule has 0 spiro atoms. The Kier molecular flexibility index (Phi) is 4.03. The number of thiazole rings is 1. The fourth-order valence-electron chi connectivity index (χ4n) is 2.02. The second kappa shape index (κ2) is 6.10. The van der Waals surface area contributed by atoms with E-state index in [9.17, 15) is 0 Å². The summed E-state index contributed by atoms with van der Waals surface area (Å²) in [5, 5.41) is 5.75. The molecule has 0 aliphatic heterocycles. The van der Waals surface area contributed by atoms with Gasteiger partial charge in [0.2, 0.25) is 0 Å². The largest absolute Gasteiger partial charge is 0.301 e. The third-order valence-electron chi connectivity index (χ3n) is 2.92. The fraction of sp³-hybridized carbons (Fsp3) is 0.133. The minimum atomic E-state index is 0.253. The van der Waals surface area contributed by atoms with Gasteiger partial charge in [-0.1, -0.05) is 36.4 Å². The molecule has 0 fully saturated rings. The van der Waals surface area contributed by atoms with Crippen LogP contribution in [0.15, 0.2) is 59.6 Å². The molecular formula is C15H14N2S2. The predicted molar refractivity (Wildman–Crippen MR) is 81.6 cm³/mol. The summed E-state index contributed by atoms with van der Waals surface area (Å²) in [5.41, 5.74) is 3.18. The fourth-order valence-corrected chi connectivity index (χ4v) is 3.39. The number of rotatable bonds is 5. The van der Waals surface area contributed by atoms with Crippen LogP contribution in [0.1, 0.15) is 21.4 Å². The SMILES string of the molecule is c1ccc(C(NCc2cncs2)c2cccs2)cc1. The molecule has 1 unspecified atom stereocenters. The Morgan fingerprint density at radius 2 is 1.95 bits per heavy atom. The highest BCUT2D eigenvalue weighted by atomic mass is 32.1. The van der Waals surface area contributed by atoms with Gasteiger partial charge in [0.15, 0.2) is 0 Å². The molecule has 0 saturated heterocycles. The average Bonchev–Trinajstić information content (AvgIpc) is 3.13. The molecule has 0 radical (unpaired) electrons. The molecule has 0 amide bonds. The zero-order valence-corrected chi connectivity index (χ0v) is 12.0. The molecule has 2 nitrogen and oxygen atoms in total. The van der Waals surface area contributed by atoms with E-state index in [4.69, 9.17) is 0 Å². The molecule has 3 aromatic rings. The van der Waals surface area contributed by atoms with E-state index in [2.05, 4.69) is 58.1 Å². The molecule has 2 heterocycles. The van der Waals surface area contributed by atoms with Gasteiger partial charge in [0.25, 0.3) is 0 Å². The minimum Gasteiger partial charge on any atom is -0.301 e. The van der Waals surface area contributed by atoms with Gasteiger partial charge in [0, 0.05) is 22.5 Å². The van der Waals surface area contributed by atoms with Crippen LogP contribution < -0.4 is 5.32 Å². The quantitative estimate of drug-likeness (QED) is 0.764. The first-order valence-electron chi connectivity index (χ1n) is 6.12. The van der Waals surface area contributed by atoms with Crippen molar-refractivity contribution in [3.05, 3.63) is 74.9 Å². The molecule has 1 N–H and O–H groups in total. The van der Waals surface area contributed by atoms with E-state index in [1.165, 1.54) is 15.3 Å². The molecule has 0 bridgehead atoms. The molecule has 2 aromatic heterocycles. The maximum Gasteiger partial charge on any atom is 0.0794 e. The lowest BCUT2D eigenvalue weighted by Crippen LogP contribution is -2.20. The van der Waals surface area contributed by atoms with Crippen molar-refractivity contribution in [3.8, 4) is 0 Å². The lowest BCUT2D eigenvalue weighted by atomic mass is 10.1. The Morgan fingerprint density at radius 1 is 1.05 bits per heavy atom. The van der Waals surface area contributed by atoms with Crippen LogP contribution in [0.5, 0.6) is 0 Å². The number of nitrogens with one attached hydrogen (secondary N) is 1. The van der Waals surface area contributed by atoms with Crippen LogP contribution in [0.2, 0.25) is 0 Å². The van der Waals surface area contributed by atoms with Crippen LogP contribution in [0.3, 0.4) is 0 Å². The number of aromatic nitrogens is 1. The molecule has 1 atom stereocenters. The Labute approximate surface area is 120 Å². The highest BCUT2D eigenvalue weighted by molar-refractivity contribution is 7.10. The van der Waals surface area contributed by atoms with Crippen molar-refractivity contribution in [1.82, 2.24) is 10.3 Å². The third kappa shape index (κ3) is 3.10. The van der Waals surface area contributed by atoms with Crippen molar-refractivity contribution in [2.24, 2.45) is 0 Å². The van der Waals surface area contributed by atoms with Crippen LogP contribution in [0.25, 0.3) is 0 Å². The molecule has 0 aliphatic carbocycles. The second-order valence-electron chi connectivity index (χ2n) is 4.21. The van der Waals surface area contributed by atoms with E-state index >= 15 is 0 Å². The summed E-state index contributed by atoms with van der Waals surface area (Å²) in [6, 6.07) is 15.1. The Bertz CT molecular complexity index is 588. The topological polar surface area (TPSA) is 24.9 Å². The Morgan fingerprint density at radius 3 is 2.63 bits per heavy atom. The minimum absolute atomic E-state index is 0.253. The monoisotopic (exact) mass is 286 g/mol. The first-order valence-corrected chi connectivity index (χ1v) is 7.88. The smallest absolute Gasteiger partial charge is 0.0794 e. The van der Waals surface area contributed by atoms with Crippen molar-refractivity contribution in [2.45, 2.75) is 12.6 Å². The van der Waals surface area contributed by atoms with Gasteiger partial charge in [-0.3, -0.25) is 4.98 Å². The van der Waals surface area contributed by atoms with E-state index < -0.39 is 0 Å². The molecule has 3 rings (SSSR count). The van der Waals surface area contributed by atoms with E-state index in [0.29, 0.717) is 0 Å². The lowest BCUT2D eigenvalue weighted by Gasteiger charge is -2.17.